The number of carboxylic acids is 1. The lowest BCUT2D eigenvalue weighted by atomic mass is 9.97. The van der Waals surface area contributed by atoms with E-state index in [1.807, 2.05) is 20.8 Å². The van der Waals surface area contributed by atoms with Crippen molar-refractivity contribution in [1.29, 1.82) is 0 Å². The van der Waals surface area contributed by atoms with Crippen molar-refractivity contribution in [1.82, 2.24) is 15.5 Å². The minimum absolute atomic E-state index is 0.213. The Morgan fingerprint density at radius 2 is 2.05 bits per heavy atom. The summed E-state index contributed by atoms with van der Waals surface area (Å²) >= 11 is 1.32. The van der Waals surface area contributed by atoms with Gasteiger partial charge in [-0.25, -0.2) is 4.79 Å². The summed E-state index contributed by atoms with van der Waals surface area (Å²) in [4.78, 5) is 21.8. The van der Waals surface area contributed by atoms with Gasteiger partial charge in [-0.15, -0.1) is 22.0 Å². The normalized spacial score (nSPS) is 13.0. The number of nitrogens with zero attached hydrogens (tertiary/aromatic N) is 2. The summed E-state index contributed by atoms with van der Waals surface area (Å²) in [6.07, 6.45) is 0. The van der Waals surface area contributed by atoms with Crippen molar-refractivity contribution < 1.29 is 19.1 Å². The van der Waals surface area contributed by atoms with Gasteiger partial charge in [0.25, 0.3) is 0 Å². The van der Waals surface area contributed by atoms with E-state index in [1.54, 1.807) is 0 Å². The number of aromatic nitrogens is 2. The lowest BCUT2D eigenvalue weighted by Gasteiger charge is -2.12. The van der Waals surface area contributed by atoms with Crippen LogP contribution in [0, 0.1) is 0 Å². The molecule has 1 aromatic rings. The average molecular weight is 301 g/mol. The third-order valence-corrected chi connectivity index (χ3v) is 3.31. The van der Waals surface area contributed by atoms with Crippen LogP contribution >= 0.6 is 11.8 Å². The molecular formula is C12H19N3O4S. The molecule has 2 N–H and O–H groups in total. The van der Waals surface area contributed by atoms with Crippen LogP contribution in [0.15, 0.2) is 4.42 Å². The van der Waals surface area contributed by atoms with Gasteiger partial charge in [-0.2, -0.15) is 0 Å². The van der Waals surface area contributed by atoms with Crippen molar-refractivity contribution in [3.05, 3.63) is 11.8 Å². The molecule has 1 aromatic heterocycles. The van der Waals surface area contributed by atoms with Crippen molar-refractivity contribution in [3.8, 4) is 0 Å². The zero-order valence-electron chi connectivity index (χ0n) is 12.0. The van der Waals surface area contributed by atoms with Gasteiger partial charge in [0.2, 0.25) is 17.7 Å². The van der Waals surface area contributed by atoms with Gasteiger partial charge in [0.1, 0.15) is 6.04 Å². The van der Waals surface area contributed by atoms with E-state index in [1.165, 1.54) is 18.7 Å². The quantitative estimate of drug-likeness (QED) is 0.813. The molecule has 1 rings (SSSR count). The lowest BCUT2D eigenvalue weighted by molar-refractivity contribution is -0.140. The summed E-state index contributed by atoms with van der Waals surface area (Å²) in [7, 11) is 0. The molecular weight excluding hydrogens is 282 g/mol. The first-order valence-electron chi connectivity index (χ1n) is 6.10. The van der Waals surface area contributed by atoms with E-state index in [0.29, 0.717) is 17.5 Å². The van der Waals surface area contributed by atoms with E-state index in [-0.39, 0.29) is 17.1 Å². The fourth-order valence-corrected chi connectivity index (χ4v) is 2.17. The maximum absolute atomic E-state index is 10.9. The van der Waals surface area contributed by atoms with E-state index < -0.39 is 12.0 Å². The molecule has 1 atom stereocenters. The van der Waals surface area contributed by atoms with Gasteiger partial charge in [0.15, 0.2) is 0 Å². The minimum atomic E-state index is -1.06. The average Bonchev–Trinajstić information content (AvgIpc) is 2.75. The number of amides is 1. The fraction of sp³-hybridized carbons (Fsp3) is 0.667. The second kappa shape index (κ2) is 6.74. The molecule has 20 heavy (non-hydrogen) atoms. The highest BCUT2D eigenvalue weighted by molar-refractivity contribution is 7.98. The van der Waals surface area contributed by atoms with Crippen molar-refractivity contribution >= 4 is 23.6 Å². The number of hydrogen-bond acceptors (Lipinski definition) is 6. The third-order valence-electron chi connectivity index (χ3n) is 2.29. The molecule has 0 aliphatic carbocycles. The zero-order chi connectivity index (χ0) is 15.3. The van der Waals surface area contributed by atoms with Crippen LogP contribution in [-0.4, -0.2) is 39.0 Å². The van der Waals surface area contributed by atoms with Crippen LogP contribution in [0.5, 0.6) is 0 Å². The molecule has 7 nitrogen and oxygen atoms in total. The van der Waals surface area contributed by atoms with Crippen molar-refractivity contribution in [2.75, 3.05) is 5.75 Å². The first kappa shape index (κ1) is 16.5. The Labute approximate surface area is 121 Å². The first-order valence-corrected chi connectivity index (χ1v) is 7.26. The maximum Gasteiger partial charge on any atom is 0.327 e. The van der Waals surface area contributed by atoms with Gasteiger partial charge in [-0.05, 0) is 0 Å². The number of nitrogens with one attached hydrogen (secondary N) is 1. The Morgan fingerprint density at radius 1 is 1.40 bits per heavy atom. The Bertz CT molecular complexity index is 481. The van der Waals surface area contributed by atoms with Crippen molar-refractivity contribution in [2.24, 2.45) is 0 Å². The van der Waals surface area contributed by atoms with Crippen LogP contribution in [0.2, 0.25) is 0 Å². The third kappa shape index (κ3) is 5.20. The summed E-state index contributed by atoms with van der Waals surface area (Å²) < 4.78 is 5.49. The highest BCUT2D eigenvalue weighted by Crippen LogP contribution is 2.22. The molecule has 0 saturated heterocycles. The number of rotatable bonds is 6. The van der Waals surface area contributed by atoms with Crippen LogP contribution in [0.25, 0.3) is 0 Å². The Balaban J connectivity index is 2.49. The molecule has 1 amide bonds. The summed E-state index contributed by atoms with van der Waals surface area (Å²) in [6, 6.07) is -0.914. The first-order chi connectivity index (χ1) is 9.20. The van der Waals surface area contributed by atoms with Gasteiger partial charge >= 0.3 is 5.97 Å². The largest absolute Gasteiger partial charge is 0.480 e. The summed E-state index contributed by atoms with van der Waals surface area (Å²) in [5, 5.41) is 19.2. The smallest absolute Gasteiger partial charge is 0.327 e. The highest BCUT2D eigenvalue weighted by atomic mass is 32.2. The lowest BCUT2D eigenvalue weighted by Crippen LogP contribution is -2.41. The maximum atomic E-state index is 10.9. The highest BCUT2D eigenvalue weighted by Gasteiger charge is 2.22. The van der Waals surface area contributed by atoms with E-state index in [4.69, 9.17) is 9.52 Å². The van der Waals surface area contributed by atoms with E-state index in [2.05, 4.69) is 15.5 Å². The molecule has 0 aromatic carbocycles. The monoisotopic (exact) mass is 301 g/mol. The molecule has 0 saturated carbocycles. The molecule has 0 aliphatic rings. The zero-order valence-corrected chi connectivity index (χ0v) is 12.8. The van der Waals surface area contributed by atoms with E-state index in [0.717, 1.165) is 0 Å². The second-order valence-electron chi connectivity index (χ2n) is 5.36. The minimum Gasteiger partial charge on any atom is -0.480 e. The van der Waals surface area contributed by atoms with Gasteiger partial charge in [-0.1, -0.05) is 20.8 Å². The number of carbonyl (C=O) groups is 2. The Kier molecular flexibility index (Phi) is 5.55. The summed E-state index contributed by atoms with van der Waals surface area (Å²) in [5.74, 6) is 0.213. The summed E-state index contributed by atoms with van der Waals surface area (Å²) in [5.41, 5.74) is -0.213. The molecule has 0 spiro atoms. The number of aliphatic carboxylic acids is 1. The summed E-state index contributed by atoms with van der Waals surface area (Å²) in [6.45, 7) is 7.19. The molecule has 8 heteroatoms. The number of hydrogen-bond donors (Lipinski definition) is 2. The molecule has 0 unspecified atom stereocenters. The fourth-order valence-electron chi connectivity index (χ4n) is 1.30. The number of carboxylic acid groups (broad SMARTS) is 1. The van der Waals surface area contributed by atoms with Crippen molar-refractivity contribution in [3.63, 3.8) is 0 Å². The van der Waals surface area contributed by atoms with Crippen LogP contribution in [-0.2, 0) is 20.8 Å². The molecule has 1 heterocycles. The van der Waals surface area contributed by atoms with E-state index >= 15 is 0 Å². The van der Waals surface area contributed by atoms with Gasteiger partial charge in [0.05, 0.1) is 5.75 Å². The van der Waals surface area contributed by atoms with E-state index in [9.17, 15) is 9.59 Å². The van der Waals surface area contributed by atoms with Crippen LogP contribution in [0.1, 0.15) is 39.5 Å². The molecule has 0 aliphatic heterocycles. The Morgan fingerprint density at radius 3 is 2.50 bits per heavy atom. The van der Waals surface area contributed by atoms with Crippen LogP contribution < -0.4 is 5.32 Å². The van der Waals surface area contributed by atoms with Crippen molar-refractivity contribution in [2.45, 2.75) is 44.9 Å². The predicted octanol–water partition coefficient (Wildman–Crippen LogP) is 1.19. The predicted molar refractivity (Wildman–Crippen MR) is 74.4 cm³/mol. The Hall–Kier alpha value is -1.57. The standard InChI is InChI=1S/C12H19N3O4S/c1-7(16)13-8(10(17)18)5-20-6-9-14-15-11(19-9)12(2,3)4/h8H,5-6H2,1-4H3,(H,13,16)(H,17,18)/t8-/m0/s1. The number of carbonyl (C=O) groups excluding carboxylic acids is 1. The molecule has 112 valence electrons. The van der Waals surface area contributed by atoms with Gasteiger partial charge < -0.3 is 14.8 Å². The molecule has 0 bridgehead atoms. The number of thioether (sulfide) groups is 1. The van der Waals surface area contributed by atoms with Gasteiger partial charge in [0, 0.05) is 18.1 Å². The molecule has 0 radical (unpaired) electrons. The SMILES string of the molecule is CC(=O)N[C@@H](CSCc1nnc(C(C)(C)C)o1)C(=O)O. The van der Waals surface area contributed by atoms with Crippen LogP contribution in [0.3, 0.4) is 0 Å². The topological polar surface area (TPSA) is 105 Å². The van der Waals surface area contributed by atoms with Crippen LogP contribution in [0.4, 0.5) is 0 Å². The second-order valence-corrected chi connectivity index (χ2v) is 6.39. The van der Waals surface area contributed by atoms with Gasteiger partial charge in [-0.3, -0.25) is 4.79 Å². The molecule has 0 fully saturated rings.